The van der Waals surface area contributed by atoms with Crippen molar-refractivity contribution in [3.05, 3.63) is 65.7 Å². The number of rotatable bonds is 8. The molecular weight excluding hydrogens is 304 g/mol. The molecule has 0 fully saturated rings. The predicted molar refractivity (Wildman–Crippen MR) is 94.1 cm³/mol. The molecule has 0 saturated heterocycles. The monoisotopic (exact) mass is 326 g/mol. The van der Waals surface area contributed by atoms with Crippen molar-refractivity contribution in [1.29, 1.82) is 0 Å². The highest BCUT2D eigenvalue weighted by Crippen LogP contribution is 2.26. The van der Waals surface area contributed by atoms with Gasteiger partial charge in [0.1, 0.15) is 18.1 Å². The lowest BCUT2D eigenvalue weighted by Crippen LogP contribution is -2.00. The first kappa shape index (κ1) is 17.6. The van der Waals surface area contributed by atoms with Crippen molar-refractivity contribution in [1.82, 2.24) is 0 Å². The zero-order chi connectivity index (χ0) is 17.2. The first-order chi connectivity index (χ1) is 11.7. The fourth-order valence-electron chi connectivity index (χ4n) is 2.13. The van der Waals surface area contributed by atoms with Crippen molar-refractivity contribution in [3.63, 3.8) is 0 Å². The molecule has 0 spiro atoms. The molecule has 0 bridgehead atoms. The SMILES string of the molecule is CCOC(=O)C=Cc1cc(OCC)ccc1OCc1ccccc1. The van der Waals surface area contributed by atoms with E-state index >= 15 is 0 Å². The van der Waals surface area contributed by atoms with Gasteiger partial charge in [-0.2, -0.15) is 0 Å². The first-order valence-electron chi connectivity index (χ1n) is 8.01. The number of ether oxygens (including phenoxy) is 3. The van der Waals surface area contributed by atoms with Crippen LogP contribution in [0.25, 0.3) is 6.08 Å². The van der Waals surface area contributed by atoms with E-state index in [0.717, 1.165) is 16.9 Å². The molecule has 4 heteroatoms. The van der Waals surface area contributed by atoms with Crippen molar-refractivity contribution in [2.45, 2.75) is 20.5 Å². The normalized spacial score (nSPS) is 10.6. The summed E-state index contributed by atoms with van der Waals surface area (Å²) >= 11 is 0. The van der Waals surface area contributed by atoms with E-state index in [-0.39, 0.29) is 5.97 Å². The summed E-state index contributed by atoms with van der Waals surface area (Å²) in [7, 11) is 0. The number of carbonyl (C=O) groups is 1. The summed E-state index contributed by atoms with van der Waals surface area (Å²) in [5.74, 6) is 1.03. The van der Waals surface area contributed by atoms with Crippen LogP contribution in [0.5, 0.6) is 11.5 Å². The first-order valence-corrected chi connectivity index (χ1v) is 8.01. The summed E-state index contributed by atoms with van der Waals surface area (Å²) in [5, 5.41) is 0. The molecular formula is C20H22O4. The third kappa shape index (κ3) is 5.47. The maximum absolute atomic E-state index is 11.5. The number of hydrogen-bond acceptors (Lipinski definition) is 4. The van der Waals surface area contributed by atoms with Gasteiger partial charge in [-0.1, -0.05) is 30.3 Å². The fraction of sp³-hybridized carbons (Fsp3) is 0.250. The summed E-state index contributed by atoms with van der Waals surface area (Å²) in [4.78, 5) is 11.5. The number of carbonyl (C=O) groups excluding carboxylic acids is 1. The van der Waals surface area contributed by atoms with Gasteiger partial charge in [-0.15, -0.1) is 0 Å². The Morgan fingerprint density at radius 2 is 1.79 bits per heavy atom. The van der Waals surface area contributed by atoms with Gasteiger partial charge in [0.2, 0.25) is 0 Å². The number of esters is 1. The number of benzene rings is 2. The molecule has 0 aliphatic rings. The number of hydrogen-bond donors (Lipinski definition) is 0. The van der Waals surface area contributed by atoms with Crippen LogP contribution in [-0.2, 0) is 16.1 Å². The largest absolute Gasteiger partial charge is 0.494 e. The maximum Gasteiger partial charge on any atom is 0.330 e. The summed E-state index contributed by atoms with van der Waals surface area (Å²) in [5.41, 5.74) is 1.84. The molecule has 0 aromatic heterocycles. The molecule has 0 atom stereocenters. The molecule has 0 saturated carbocycles. The van der Waals surface area contributed by atoms with Crippen molar-refractivity contribution >= 4 is 12.0 Å². The average molecular weight is 326 g/mol. The van der Waals surface area contributed by atoms with Crippen LogP contribution in [0.2, 0.25) is 0 Å². The second-order valence-electron chi connectivity index (χ2n) is 4.99. The van der Waals surface area contributed by atoms with E-state index in [2.05, 4.69) is 0 Å². The van der Waals surface area contributed by atoms with Gasteiger partial charge < -0.3 is 14.2 Å². The van der Waals surface area contributed by atoms with E-state index in [9.17, 15) is 4.79 Å². The van der Waals surface area contributed by atoms with Crippen LogP contribution in [0.4, 0.5) is 0 Å². The van der Waals surface area contributed by atoms with Crippen molar-refractivity contribution in [3.8, 4) is 11.5 Å². The van der Waals surface area contributed by atoms with Crippen molar-refractivity contribution < 1.29 is 19.0 Å². The van der Waals surface area contributed by atoms with Gasteiger partial charge in [0, 0.05) is 11.6 Å². The van der Waals surface area contributed by atoms with Crippen LogP contribution < -0.4 is 9.47 Å². The van der Waals surface area contributed by atoms with Gasteiger partial charge in [0.05, 0.1) is 13.2 Å². The Balaban J connectivity index is 2.17. The molecule has 2 aromatic rings. The van der Waals surface area contributed by atoms with E-state index in [0.29, 0.717) is 25.6 Å². The highest BCUT2D eigenvalue weighted by atomic mass is 16.5. The van der Waals surface area contributed by atoms with Crippen LogP contribution in [0, 0.1) is 0 Å². The highest BCUT2D eigenvalue weighted by Gasteiger charge is 2.05. The zero-order valence-corrected chi connectivity index (χ0v) is 14.0. The quantitative estimate of drug-likeness (QED) is 0.537. The lowest BCUT2D eigenvalue weighted by molar-refractivity contribution is -0.137. The molecule has 2 aromatic carbocycles. The Morgan fingerprint density at radius 3 is 2.50 bits per heavy atom. The van der Waals surface area contributed by atoms with Gasteiger partial charge in [0.25, 0.3) is 0 Å². The standard InChI is InChI=1S/C20H22O4/c1-3-22-18-11-12-19(24-15-16-8-6-5-7-9-16)17(14-18)10-13-20(21)23-4-2/h5-14H,3-4,15H2,1-2H3. The van der Waals surface area contributed by atoms with E-state index < -0.39 is 0 Å². The second kappa shape index (κ2) is 9.40. The molecule has 0 unspecified atom stereocenters. The minimum atomic E-state index is -0.381. The van der Waals surface area contributed by atoms with Crippen molar-refractivity contribution in [2.75, 3.05) is 13.2 Å². The van der Waals surface area contributed by atoms with Crippen LogP contribution >= 0.6 is 0 Å². The molecule has 126 valence electrons. The molecule has 0 N–H and O–H groups in total. The van der Waals surface area contributed by atoms with Crippen LogP contribution in [-0.4, -0.2) is 19.2 Å². The molecule has 2 rings (SSSR count). The zero-order valence-electron chi connectivity index (χ0n) is 14.0. The van der Waals surface area contributed by atoms with Gasteiger partial charge >= 0.3 is 5.97 Å². The third-order valence-electron chi connectivity index (χ3n) is 3.21. The van der Waals surface area contributed by atoms with E-state index in [1.165, 1.54) is 6.08 Å². The lowest BCUT2D eigenvalue weighted by atomic mass is 10.1. The summed E-state index contributed by atoms with van der Waals surface area (Å²) in [6.07, 6.45) is 3.07. The summed E-state index contributed by atoms with van der Waals surface area (Å²) in [6, 6.07) is 15.5. The Morgan fingerprint density at radius 1 is 1.00 bits per heavy atom. The van der Waals surface area contributed by atoms with Crippen LogP contribution in [0.1, 0.15) is 25.0 Å². The Bertz CT molecular complexity index is 677. The third-order valence-corrected chi connectivity index (χ3v) is 3.21. The minimum absolute atomic E-state index is 0.347. The molecule has 24 heavy (non-hydrogen) atoms. The Labute approximate surface area is 142 Å². The van der Waals surface area contributed by atoms with E-state index in [1.807, 2.05) is 55.5 Å². The fourth-order valence-corrected chi connectivity index (χ4v) is 2.13. The van der Waals surface area contributed by atoms with E-state index in [1.54, 1.807) is 13.0 Å². The smallest absolute Gasteiger partial charge is 0.330 e. The summed E-state index contributed by atoms with van der Waals surface area (Å²) < 4.78 is 16.3. The Hall–Kier alpha value is -2.75. The van der Waals surface area contributed by atoms with Gasteiger partial charge in [-0.3, -0.25) is 0 Å². The van der Waals surface area contributed by atoms with Crippen molar-refractivity contribution in [2.24, 2.45) is 0 Å². The molecule has 0 aliphatic carbocycles. The van der Waals surface area contributed by atoms with Gasteiger partial charge in [-0.25, -0.2) is 4.79 Å². The molecule has 4 nitrogen and oxygen atoms in total. The van der Waals surface area contributed by atoms with Crippen LogP contribution in [0.3, 0.4) is 0 Å². The highest BCUT2D eigenvalue weighted by molar-refractivity contribution is 5.87. The van der Waals surface area contributed by atoms with E-state index in [4.69, 9.17) is 14.2 Å². The molecule has 0 amide bonds. The second-order valence-corrected chi connectivity index (χ2v) is 4.99. The summed E-state index contributed by atoms with van der Waals surface area (Å²) in [6.45, 7) is 5.07. The topological polar surface area (TPSA) is 44.8 Å². The maximum atomic E-state index is 11.5. The molecule has 0 heterocycles. The lowest BCUT2D eigenvalue weighted by Gasteiger charge is -2.11. The average Bonchev–Trinajstić information content (AvgIpc) is 2.60. The minimum Gasteiger partial charge on any atom is -0.494 e. The predicted octanol–water partition coefficient (Wildman–Crippen LogP) is 4.24. The van der Waals surface area contributed by atoms with Gasteiger partial charge in [0.15, 0.2) is 0 Å². The molecule has 0 aliphatic heterocycles. The van der Waals surface area contributed by atoms with Gasteiger partial charge in [-0.05, 0) is 43.7 Å². The van der Waals surface area contributed by atoms with Crippen LogP contribution in [0.15, 0.2) is 54.6 Å². The Kier molecular flexibility index (Phi) is 6.90. The molecule has 0 radical (unpaired) electrons.